The molecule has 0 aliphatic heterocycles. The molecule has 0 spiro atoms. The Hall–Kier alpha value is -2.45. The molecule has 0 aliphatic rings. The first-order valence-electron chi connectivity index (χ1n) is 9.28. The Bertz CT molecular complexity index is 930. The number of rotatable bonds is 9. The molecule has 2 aromatic carbocycles. The highest BCUT2D eigenvalue weighted by molar-refractivity contribution is 7.89. The molecular weight excluding hydrogens is 395 g/mol. The van der Waals surface area contributed by atoms with E-state index in [0.29, 0.717) is 17.7 Å². The number of sulfonamides is 1. The molecule has 2 aromatic rings. The number of halogens is 1. The summed E-state index contributed by atoms with van der Waals surface area (Å²) >= 11 is 0. The molecule has 0 heterocycles. The standard InChI is InChI=1S/C21H27FN2O4S/c1-15(2)12-20(21(25)24(3)14-16-6-5-7-17(22)13-16)23-29(26,27)19-10-8-18(28-4)9-11-19/h5-11,13,15,20,23H,12,14H2,1-4H3. The van der Waals surface area contributed by atoms with E-state index in [1.54, 1.807) is 31.3 Å². The zero-order valence-corrected chi connectivity index (χ0v) is 17.9. The third-order valence-corrected chi connectivity index (χ3v) is 5.84. The van der Waals surface area contributed by atoms with Crippen molar-refractivity contribution < 1.29 is 22.3 Å². The Balaban J connectivity index is 2.19. The number of likely N-dealkylation sites (N-methyl/N-ethyl adjacent to an activating group) is 1. The van der Waals surface area contributed by atoms with Gasteiger partial charge in [0.05, 0.1) is 12.0 Å². The van der Waals surface area contributed by atoms with Crippen molar-refractivity contribution in [2.45, 2.75) is 37.8 Å². The Kier molecular flexibility index (Phi) is 7.75. The van der Waals surface area contributed by atoms with E-state index in [-0.39, 0.29) is 29.1 Å². The van der Waals surface area contributed by atoms with E-state index in [1.165, 1.54) is 36.3 Å². The average molecular weight is 423 g/mol. The Morgan fingerprint density at radius 2 is 1.83 bits per heavy atom. The van der Waals surface area contributed by atoms with Gasteiger partial charge in [-0.25, -0.2) is 12.8 Å². The molecule has 1 atom stereocenters. The van der Waals surface area contributed by atoms with Gasteiger partial charge in [-0.3, -0.25) is 4.79 Å². The molecule has 0 aromatic heterocycles. The number of nitrogens with one attached hydrogen (secondary N) is 1. The maximum Gasteiger partial charge on any atom is 0.241 e. The first kappa shape index (κ1) is 22.8. The summed E-state index contributed by atoms with van der Waals surface area (Å²) in [5, 5.41) is 0. The fraction of sp³-hybridized carbons (Fsp3) is 0.381. The van der Waals surface area contributed by atoms with Gasteiger partial charge >= 0.3 is 0 Å². The average Bonchev–Trinajstić information content (AvgIpc) is 2.66. The van der Waals surface area contributed by atoms with Crippen molar-refractivity contribution in [3.8, 4) is 5.75 Å². The summed E-state index contributed by atoms with van der Waals surface area (Å²) in [6, 6.07) is 11.0. The third kappa shape index (κ3) is 6.54. The van der Waals surface area contributed by atoms with Gasteiger partial charge in [-0.1, -0.05) is 26.0 Å². The second kappa shape index (κ2) is 9.84. The number of carbonyl (C=O) groups is 1. The fourth-order valence-electron chi connectivity index (χ4n) is 2.93. The smallest absolute Gasteiger partial charge is 0.241 e. The molecule has 0 fully saturated rings. The van der Waals surface area contributed by atoms with Gasteiger partial charge < -0.3 is 9.64 Å². The predicted molar refractivity (Wildman–Crippen MR) is 109 cm³/mol. The minimum absolute atomic E-state index is 0.0487. The fourth-order valence-corrected chi connectivity index (χ4v) is 4.14. The molecule has 29 heavy (non-hydrogen) atoms. The monoisotopic (exact) mass is 422 g/mol. The molecule has 8 heteroatoms. The van der Waals surface area contributed by atoms with Gasteiger partial charge in [0.15, 0.2) is 0 Å². The summed E-state index contributed by atoms with van der Waals surface area (Å²) in [6.45, 7) is 4.00. The van der Waals surface area contributed by atoms with Gasteiger partial charge in [0.2, 0.25) is 15.9 Å². The summed E-state index contributed by atoms with van der Waals surface area (Å²) in [4.78, 5) is 14.4. The van der Waals surface area contributed by atoms with Crippen molar-refractivity contribution in [1.29, 1.82) is 0 Å². The normalized spacial score (nSPS) is 12.6. The Labute approximate surface area is 171 Å². The molecule has 1 amide bonds. The van der Waals surface area contributed by atoms with Crippen LogP contribution in [0, 0.1) is 11.7 Å². The van der Waals surface area contributed by atoms with Crippen LogP contribution in [0.4, 0.5) is 4.39 Å². The Morgan fingerprint density at radius 1 is 1.17 bits per heavy atom. The zero-order chi connectivity index (χ0) is 21.6. The summed E-state index contributed by atoms with van der Waals surface area (Å²) in [6.07, 6.45) is 0.335. The van der Waals surface area contributed by atoms with Gasteiger partial charge in [-0.05, 0) is 54.3 Å². The van der Waals surface area contributed by atoms with Gasteiger partial charge in [-0.2, -0.15) is 4.72 Å². The molecule has 1 N–H and O–H groups in total. The quantitative estimate of drug-likeness (QED) is 0.673. The lowest BCUT2D eigenvalue weighted by molar-refractivity contribution is -0.132. The number of carbonyl (C=O) groups excluding carboxylic acids is 1. The van der Waals surface area contributed by atoms with Crippen LogP contribution in [0.3, 0.4) is 0 Å². The highest BCUT2D eigenvalue weighted by Gasteiger charge is 2.28. The number of ether oxygens (including phenoxy) is 1. The van der Waals surface area contributed by atoms with E-state index in [9.17, 15) is 17.6 Å². The largest absolute Gasteiger partial charge is 0.497 e. The van der Waals surface area contributed by atoms with Gasteiger partial charge in [0, 0.05) is 13.6 Å². The lowest BCUT2D eigenvalue weighted by Crippen LogP contribution is -2.47. The van der Waals surface area contributed by atoms with Gasteiger partial charge in [-0.15, -0.1) is 0 Å². The highest BCUT2D eigenvalue weighted by Crippen LogP contribution is 2.18. The first-order valence-corrected chi connectivity index (χ1v) is 10.8. The number of hydrogen-bond donors (Lipinski definition) is 1. The maximum atomic E-state index is 13.4. The van der Waals surface area contributed by atoms with E-state index >= 15 is 0 Å². The summed E-state index contributed by atoms with van der Waals surface area (Å²) in [5.74, 6) is -0.138. The van der Waals surface area contributed by atoms with Crippen LogP contribution in [0.15, 0.2) is 53.4 Å². The number of nitrogens with zero attached hydrogens (tertiary/aromatic N) is 1. The minimum Gasteiger partial charge on any atom is -0.497 e. The van der Waals surface area contributed by atoms with E-state index in [1.807, 2.05) is 13.8 Å². The molecule has 0 bridgehead atoms. The third-order valence-electron chi connectivity index (χ3n) is 4.36. The molecule has 6 nitrogen and oxygen atoms in total. The molecule has 1 unspecified atom stereocenters. The van der Waals surface area contributed by atoms with Crippen molar-refractivity contribution >= 4 is 15.9 Å². The van der Waals surface area contributed by atoms with Crippen molar-refractivity contribution in [2.24, 2.45) is 5.92 Å². The number of benzene rings is 2. The van der Waals surface area contributed by atoms with Gasteiger partial charge in [0.1, 0.15) is 17.6 Å². The van der Waals surface area contributed by atoms with Crippen LogP contribution < -0.4 is 9.46 Å². The van der Waals surface area contributed by atoms with E-state index in [2.05, 4.69) is 4.72 Å². The van der Waals surface area contributed by atoms with Crippen LogP contribution in [0.2, 0.25) is 0 Å². The van der Waals surface area contributed by atoms with Crippen LogP contribution in [0.25, 0.3) is 0 Å². The predicted octanol–water partition coefficient (Wildman–Crippen LogP) is 3.19. The van der Waals surface area contributed by atoms with E-state index in [4.69, 9.17) is 4.74 Å². The number of amides is 1. The van der Waals surface area contributed by atoms with E-state index in [0.717, 1.165) is 0 Å². The van der Waals surface area contributed by atoms with E-state index < -0.39 is 16.1 Å². The topological polar surface area (TPSA) is 75.7 Å². The van der Waals surface area contributed by atoms with Gasteiger partial charge in [0.25, 0.3) is 0 Å². The second-order valence-corrected chi connectivity index (χ2v) is 9.02. The van der Waals surface area contributed by atoms with Crippen LogP contribution in [-0.4, -0.2) is 39.4 Å². The minimum atomic E-state index is -3.90. The summed E-state index contributed by atoms with van der Waals surface area (Å²) in [5.41, 5.74) is 0.627. The number of hydrogen-bond acceptors (Lipinski definition) is 4. The van der Waals surface area contributed by atoms with Crippen molar-refractivity contribution in [3.63, 3.8) is 0 Å². The molecule has 158 valence electrons. The molecule has 0 radical (unpaired) electrons. The Morgan fingerprint density at radius 3 is 2.38 bits per heavy atom. The molecular formula is C21H27FN2O4S. The summed E-state index contributed by atoms with van der Waals surface area (Å²) < 4.78 is 46.5. The number of methoxy groups -OCH3 is 1. The zero-order valence-electron chi connectivity index (χ0n) is 17.1. The SMILES string of the molecule is COc1ccc(S(=O)(=O)NC(CC(C)C)C(=O)N(C)Cc2cccc(F)c2)cc1. The van der Waals surface area contributed by atoms with Crippen LogP contribution in [0.1, 0.15) is 25.8 Å². The van der Waals surface area contributed by atoms with Crippen molar-refractivity contribution in [2.75, 3.05) is 14.2 Å². The first-order chi connectivity index (χ1) is 13.6. The molecule has 2 rings (SSSR count). The second-order valence-electron chi connectivity index (χ2n) is 7.30. The molecule has 0 aliphatic carbocycles. The van der Waals surface area contributed by atoms with Crippen LogP contribution in [-0.2, 0) is 21.4 Å². The summed E-state index contributed by atoms with van der Waals surface area (Å²) in [7, 11) is -0.836. The molecule has 0 saturated carbocycles. The van der Waals surface area contributed by atoms with Crippen molar-refractivity contribution in [3.05, 3.63) is 59.9 Å². The van der Waals surface area contributed by atoms with Crippen LogP contribution in [0.5, 0.6) is 5.75 Å². The molecule has 0 saturated heterocycles. The lowest BCUT2D eigenvalue weighted by atomic mass is 10.0. The van der Waals surface area contributed by atoms with Crippen LogP contribution >= 0.6 is 0 Å². The lowest BCUT2D eigenvalue weighted by Gasteiger charge is -2.26. The highest BCUT2D eigenvalue weighted by atomic mass is 32.2. The van der Waals surface area contributed by atoms with Crippen molar-refractivity contribution in [1.82, 2.24) is 9.62 Å². The maximum absolute atomic E-state index is 13.4.